The Balaban J connectivity index is 2.29. The van der Waals surface area contributed by atoms with E-state index in [2.05, 4.69) is 6.26 Å². The van der Waals surface area contributed by atoms with Crippen molar-refractivity contribution >= 4 is 10.0 Å². The molecule has 0 radical (unpaired) electrons. The van der Waals surface area contributed by atoms with E-state index < -0.39 is 10.0 Å². The van der Waals surface area contributed by atoms with Gasteiger partial charge in [-0.3, -0.25) is 0 Å². The van der Waals surface area contributed by atoms with E-state index in [4.69, 9.17) is 0 Å². The molecule has 1 aromatic rings. The van der Waals surface area contributed by atoms with Gasteiger partial charge in [0, 0.05) is 5.25 Å². The molecular formula is C11H13FS. The van der Waals surface area contributed by atoms with Gasteiger partial charge in [-0.05, 0) is 47.4 Å². The third-order valence-corrected chi connectivity index (χ3v) is 7.46. The molecule has 2 heteroatoms. The van der Waals surface area contributed by atoms with Crippen molar-refractivity contribution in [2.45, 2.75) is 23.5 Å². The molecule has 0 N–H and O–H groups in total. The maximum atomic E-state index is 13.3. The molecule has 0 aromatic heterocycles. The standard InChI is InChI=1S/C11H13FS/c1-7-10(12)4-3-8-5-9-6-13(9,2)11(7)8/h3-4,9H,5-6H2,1-2H3. The number of hydrogen-bond acceptors (Lipinski definition) is 0. The van der Waals surface area contributed by atoms with E-state index in [1.807, 2.05) is 13.0 Å². The lowest BCUT2D eigenvalue weighted by Crippen LogP contribution is -1.94. The first kappa shape index (κ1) is 7.86. The van der Waals surface area contributed by atoms with Crippen LogP contribution in [0.4, 0.5) is 4.39 Å². The normalized spacial score (nSPS) is 39.2. The molecule has 2 aliphatic rings. The maximum absolute atomic E-state index is 13.3. The van der Waals surface area contributed by atoms with Crippen LogP contribution < -0.4 is 0 Å². The lowest BCUT2D eigenvalue weighted by Gasteiger charge is -2.17. The second-order valence-electron chi connectivity index (χ2n) is 4.31. The van der Waals surface area contributed by atoms with Gasteiger partial charge in [0.1, 0.15) is 5.82 Å². The van der Waals surface area contributed by atoms with Crippen LogP contribution in [-0.4, -0.2) is 17.3 Å². The van der Waals surface area contributed by atoms with Gasteiger partial charge in [0.15, 0.2) is 0 Å². The quantitative estimate of drug-likeness (QED) is 0.560. The van der Waals surface area contributed by atoms with Gasteiger partial charge in [0.2, 0.25) is 0 Å². The van der Waals surface area contributed by atoms with Gasteiger partial charge in [0.05, 0.1) is 0 Å². The summed E-state index contributed by atoms with van der Waals surface area (Å²) in [5.74, 6) is 1.34. The van der Waals surface area contributed by atoms with Crippen molar-refractivity contribution in [3.63, 3.8) is 0 Å². The van der Waals surface area contributed by atoms with E-state index in [1.165, 1.54) is 22.6 Å². The minimum absolute atomic E-state index is 0.0139. The summed E-state index contributed by atoms with van der Waals surface area (Å²) < 4.78 is 13.3. The molecule has 2 unspecified atom stereocenters. The summed E-state index contributed by atoms with van der Waals surface area (Å²) >= 11 is 0. The molecule has 70 valence electrons. The number of halogens is 1. The number of rotatable bonds is 0. The maximum Gasteiger partial charge on any atom is 0.127 e. The van der Waals surface area contributed by atoms with Crippen LogP contribution in [0.25, 0.3) is 0 Å². The fraction of sp³-hybridized carbons (Fsp3) is 0.455. The predicted octanol–water partition coefficient (Wildman–Crippen LogP) is 2.87. The van der Waals surface area contributed by atoms with Crippen LogP contribution in [0, 0.1) is 12.7 Å². The van der Waals surface area contributed by atoms with Crippen molar-refractivity contribution < 1.29 is 4.39 Å². The second-order valence-corrected chi connectivity index (χ2v) is 8.03. The number of fused-ring (bicyclic) bond motifs is 3. The first-order valence-electron chi connectivity index (χ1n) is 4.66. The molecule has 2 heterocycles. The van der Waals surface area contributed by atoms with Crippen LogP contribution in [-0.2, 0) is 6.42 Å². The van der Waals surface area contributed by atoms with Crippen LogP contribution in [0.15, 0.2) is 17.0 Å². The summed E-state index contributed by atoms with van der Waals surface area (Å²) in [4.78, 5) is 1.40. The Hall–Kier alpha value is -0.500. The van der Waals surface area contributed by atoms with E-state index >= 15 is 0 Å². The summed E-state index contributed by atoms with van der Waals surface area (Å²) in [5, 5.41) is 0.892. The highest BCUT2D eigenvalue weighted by Crippen LogP contribution is 2.77. The fourth-order valence-electron chi connectivity index (χ4n) is 2.62. The molecule has 0 spiro atoms. The molecule has 2 atom stereocenters. The van der Waals surface area contributed by atoms with Crippen LogP contribution >= 0.6 is 10.0 Å². The van der Waals surface area contributed by atoms with Gasteiger partial charge in [-0.15, -0.1) is 0 Å². The fourth-order valence-corrected chi connectivity index (χ4v) is 6.64. The first-order chi connectivity index (χ1) is 6.13. The van der Waals surface area contributed by atoms with Gasteiger partial charge in [-0.25, -0.2) is 14.4 Å². The summed E-state index contributed by atoms with van der Waals surface area (Å²) in [6, 6.07) is 3.61. The Morgan fingerprint density at radius 1 is 1.46 bits per heavy atom. The third-order valence-electron chi connectivity index (χ3n) is 3.49. The van der Waals surface area contributed by atoms with Crippen LogP contribution in [0.1, 0.15) is 11.1 Å². The minimum Gasteiger partial charge on any atom is -0.212 e. The molecule has 0 amide bonds. The summed E-state index contributed by atoms with van der Waals surface area (Å²) in [7, 11) is -0.532. The first-order valence-corrected chi connectivity index (χ1v) is 6.93. The van der Waals surface area contributed by atoms with Gasteiger partial charge >= 0.3 is 0 Å². The zero-order chi connectivity index (χ0) is 9.22. The molecule has 0 nitrogen and oxygen atoms in total. The zero-order valence-electron chi connectivity index (χ0n) is 7.93. The van der Waals surface area contributed by atoms with E-state index in [1.54, 1.807) is 6.07 Å². The van der Waals surface area contributed by atoms with E-state index in [0.717, 1.165) is 10.8 Å². The van der Waals surface area contributed by atoms with Crippen LogP contribution in [0.3, 0.4) is 0 Å². The van der Waals surface area contributed by atoms with Crippen molar-refractivity contribution in [1.82, 2.24) is 0 Å². The average Bonchev–Trinajstić information content (AvgIpc) is 2.63. The van der Waals surface area contributed by atoms with E-state index in [0.29, 0.717) is 0 Å². The Morgan fingerprint density at radius 3 is 3.00 bits per heavy atom. The highest BCUT2D eigenvalue weighted by Gasteiger charge is 2.53. The summed E-state index contributed by atoms with van der Waals surface area (Å²) in [6.07, 6.45) is 3.57. The van der Waals surface area contributed by atoms with E-state index in [-0.39, 0.29) is 5.82 Å². The van der Waals surface area contributed by atoms with Crippen molar-refractivity contribution in [2.75, 3.05) is 12.0 Å². The summed E-state index contributed by atoms with van der Waals surface area (Å²) in [6.45, 7) is 1.94. The summed E-state index contributed by atoms with van der Waals surface area (Å²) in [5.41, 5.74) is 2.35. The smallest absolute Gasteiger partial charge is 0.127 e. The van der Waals surface area contributed by atoms with Gasteiger partial charge in [-0.2, -0.15) is 0 Å². The topological polar surface area (TPSA) is 0 Å². The SMILES string of the molecule is Cc1c(F)ccc2c1S1(C)CC1C2. The highest BCUT2D eigenvalue weighted by molar-refractivity contribution is 8.39. The average molecular weight is 196 g/mol. The van der Waals surface area contributed by atoms with Crippen LogP contribution in [0.2, 0.25) is 0 Å². The van der Waals surface area contributed by atoms with Crippen molar-refractivity contribution in [2.24, 2.45) is 0 Å². The molecule has 13 heavy (non-hydrogen) atoms. The largest absolute Gasteiger partial charge is 0.212 e. The molecule has 1 aromatic carbocycles. The van der Waals surface area contributed by atoms with Crippen LogP contribution in [0.5, 0.6) is 0 Å². The van der Waals surface area contributed by atoms with Gasteiger partial charge < -0.3 is 0 Å². The van der Waals surface area contributed by atoms with Crippen molar-refractivity contribution in [1.29, 1.82) is 0 Å². The number of hydrogen-bond donors (Lipinski definition) is 0. The molecule has 0 bridgehead atoms. The lowest BCUT2D eigenvalue weighted by atomic mass is 10.1. The predicted molar refractivity (Wildman–Crippen MR) is 55.3 cm³/mol. The molecule has 0 saturated carbocycles. The second kappa shape index (κ2) is 2.11. The molecule has 1 saturated heterocycles. The molecule has 3 rings (SSSR count). The van der Waals surface area contributed by atoms with E-state index in [9.17, 15) is 4.39 Å². The molecular weight excluding hydrogens is 183 g/mol. The molecule has 2 aliphatic heterocycles. The van der Waals surface area contributed by atoms with Crippen molar-refractivity contribution in [3.8, 4) is 0 Å². The minimum atomic E-state index is -0.532. The monoisotopic (exact) mass is 196 g/mol. The Kier molecular flexibility index (Phi) is 1.28. The molecule has 0 aliphatic carbocycles. The molecule has 1 fully saturated rings. The van der Waals surface area contributed by atoms with Gasteiger partial charge in [0.25, 0.3) is 0 Å². The zero-order valence-corrected chi connectivity index (χ0v) is 8.75. The van der Waals surface area contributed by atoms with Gasteiger partial charge in [-0.1, -0.05) is 6.07 Å². The van der Waals surface area contributed by atoms with Crippen molar-refractivity contribution in [3.05, 3.63) is 29.1 Å². The highest BCUT2D eigenvalue weighted by atomic mass is 32.3. The Labute approximate surface area is 79.5 Å². The Morgan fingerprint density at radius 2 is 2.23 bits per heavy atom. The Bertz CT molecular complexity index is 399. The lowest BCUT2D eigenvalue weighted by molar-refractivity contribution is 0.612. The third kappa shape index (κ3) is 0.824. The number of benzene rings is 1.